The molecule has 2 aromatic rings. The SMILES string of the molecule is CCCNC(=O)C1CCCN(c2ncnc3oc(C)c(C)c23)C1. The van der Waals surface area contributed by atoms with Crippen molar-refractivity contribution in [3.05, 3.63) is 17.7 Å². The average Bonchev–Trinajstić information content (AvgIpc) is 2.87. The Bertz CT molecular complexity index is 710. The first-order valence-corrected chi connectivity index (χ1v) is 8.35. The molecule has 1 unspecified atom stereocenters. The third-order valence-electron chi connectivity index (χ3n) is 4.59. The lowest BCUT2D eigenvalue weighted by Gasteiger charge is -2.33. The molecule has 0 radical (unpaired) electrons. The monoisotopic (exact) mass is 316 g/mol. The number of aryl methyl sites for hydroxylation is 2. The number of nitrogens with zero attached hydrogens (tertiary/aromatic N) is 3. The van der Waals surface area contributed by atoms with E-state index in [0.29, 0.717) is 12.3 Å². The van der Waals surface area contributed by atoms with Gasteiger partial charge in [-0.1, -0.05) is 6.92 Å². The molecule has 1 aliphatic rings. The molecule has 23 heavy (non-hydrogen) atoms. The van der Waals surface area contributed by atoms with Gasteiger partial charge in [-0.15, -0.1) is 0 Å². The Hall–Kier alpha value is -2.11. The summed E-state index contributed by atoms with van der Waals surface area (Å²) in [5, 5.41) is 3.98. The van der Waals surface area contributed by atoms with Crippen molar-refractivity contribution in [2.45, 2.75) is 40.0 Å². The van der Waals surface area contributed by atoms with E-state index >= 15 is 0 Å². The summed E-state index contributed by atoms with van der Waals surface area (Å²) in [5.41, 5.74) is 1.70. The van der Waals surface area contributed by atoms with Crippen molar-refractivity contribution in [2.75, 3.05) is 24.5 Å². The molecule has 1 aliphatic heterocycles. The number of hydrogen-bond donors (Lipinski definition) is 1. The van der Waals surface area contributed by atoms with Gasteiger partial charge < -0.3 is 14.6 Å². The highest BCUT2D eigenvalue weighted by Gasteiger charge is 2.28. The van der Waals surface area contributed by atoms with Gasteiger partial charge in [-0.25, -0.2) is 9.97 Å². The van der Waals surface area contributed by atoms with Crippen LogP contribution in [-0.2, 0) is 4.79 Å². The van der Waals surface area contributed by atoms with Gasteiger partial charge in [0.25, 0.3) is 0 Å². The lowest BCUT2D eigenvalue weighted by atomic mass is 9.96. The van der Waals surface area contributed by atoms with Crippen LogP contribution in [0, 0.1) is 19.8 Å². The summed E-state index contributed by atoms with van der Waals surface area (Å²) in [6.07, 6.45) is 4.43. The maximum Gasteiger partial charge on any atom is 0.231 e. The van der Waals surface area contributed by atoms with Crippen LogP contribution in [-0.4, -0.2) is 35.5 Å². The molecule has 0 bridgehead atoms. The minimum absolute atomic E-state index is 0.0219. The van der Waals surface area contributed by atoms with Gasteiger partial charge in [-0.2, -0.15) is 0 Å². The highest BCUT2D eigenvalue weighted by Crippen LogP contribution is 2.32. The number of nitrogens with one attached hydrogen (secondary N) is 1. The minimum atomic E-state index is 0.0219. The van der Waals surface area contributed by atoms with Crippen molar-refractivity contribution >= 4 is 22.8 Å². The van der Waals surface area contributed by atoms with Crippen LogP contribution < -0.4 is 10.2 Å². The molecule has 2 aromatic heterocycles. The standard InChI is InChI=1S/C17H24N4O2/c1-4-7-18-16(22)13-6-5-8-21(9-13)15-14-11(2)12(3)23-17(14)20-10-19-15/h10,13H,4-9H2,1-3H3,(H,18,22). The number of fused-ring (bicyclic) bond motifs is 1. The van der Waals surface area contributed by atoms with Crippen molar-refractivity contribution < 1.29 is 9.21 Å². The Kier molecular flexibility index (Phi) is 4.50. The van der Waals surface area contributed by atoms with Crippen LogP contribution in [0.1, 0.15) is 37.5 Å². The van der Waals surface area contributed by atoms with Crippen LogP contribution in [0.5, 0.6) is 0 Å². The molecule has 6 nitrogen and oxygen atoms in total. The quantitative estimate of drug-likeness (QED) is 0.938. The van der Waals surface area contributed by atoms with Crippen LogP contribution in [0.2, 0.25) is 0 Å². The van der Waals surface area contributed by atoms with E-state index in [1.54, 1.807) is 6.33 Å². The second-order valence-electron chi connectivity index (χ2n) is 6.24. The summed E-state index contributed by atoms with van der Waals surface area (Å²) in [7, 11) is 0. The largest absolute Gasteiger partial charge is 0.443 e. The third kappa shape index (κ3) is 3.02. The van der Waals surface area contributed by atoms with Gasteiger partial charge in [-0.05, 0) is 33.1 Å². The second-order valence-corrected chi connectivity index (χ2v) is 6.24. The smallest absolute Gasteiger partial charge is 0.231 e. The number of hydrogen-bond acceptors (Lipinski definition) is 5. The summed E-state index contributed by atoms with van der Waals surface area (Å²) in [4.78, 5) is 23.2. The molecule has 1 saturated heterocycles. The lowest BCUT2D eigenvalue weighted by molar-refractivity contribution is -0.125. The summed E-state index contributed by atoms with van der Waals surface area (Å²) < 4.78 is 5.70. The summed E-state index contributed by atoms with van der Waals surface area (Å²) in [6.45, 7) is 8.39. The molecule has 0 aliphatic carbocycles. The van der Waals surface area contributed by atoms with Crippen molar-refractivity contribution in [2.24, 2.45) is 5.92 Å². The highest BCUT2D eigenvalue weighted by molar-refractivity contribution is 5.90. The normalized spacial score (nSPS) is 18.4. The molecule has 3 rings (SSSR count). The first-order chi connectivity index (χ1) is 11.1. The van der Waals surface area contributed by atoms with Crippen molar-refractivity contribution in [1.29, 1.82) is 0 Å². The highest BCUT2D eigenvalue weighted by atomic mass is 16.3. The first-order valence-electron chi connectivity index (χ1n) is 8.35. The van der Waals surface area contributed by atoms with E-state index in [-0.39, 0.29) is 11.8 Å². The zero-order valence-electron chi connectivity index (χ0n) is 14.1. The predicted octanol–water partition coefficient (Wildman–Crippen LogP) is 2.58. The van der Waals surface area contributed by atoms with Crippen molar-refractivity contribution in [3.63, 3.8) is 0 Å². The number of carbonyl (C=O) groups is 1. The summed E-state index contributed by atoms with van der Waals surface area (Å²) in [5.74, 6) is 1.93. The molecule has 1 atom stereocenters. The molecular formula is C17H24N4O2. The number of amides is 1. The maximum atomic E-state index is 12.3. The fourth-order valence-electron chi connectivity index (χ4n) is 3.18. The average molecular weight is 316 g/mol. The molecule has 1 N–H and O–H groups in total. The maximum absolute atomic E-state index is 12.3. The number of anilines is 1. The van der Waals surface area contributed by atoms with Gasteiger partial charge in [-0.3, -0.25) is 4.79 Å². The fraction of sp³-hybridized carbons (Fsp3) is 0.588. The molecule has 3 heterocycles. The number of piperidine rings is 1. The van der Waals surface area contributed by atoms with Gasteiger partial charge in [0.15, 0.2) is 0 Å². The van der Waals surface area contributed by atoms with Crippen molar-refractivity contribution in [3.8, 4) is 0 Å². The predicted molar refractivity (Wildman–Crippen MR) is 89.5 cm³/mol. The van der Waals surface area contributed by atoms with E-state index in [1.165, 1.54) is 0 Å². The first kappa shape index (κ1) is 15.8. The van der Waals surface area contributed by atoms with E-state index in [0.717, 1.165) is 54.9 Å². The van der Waals surface area contributed by atoms with E-state index in [4.69, 9.17) is 4.42 Å². The third-order valence-corrected chi connectivity index (χ3v) is 4.59. The van der Waals surface area contributed by atoms with E-state index < -0.39 is 0 Å². The molecule has 0 spiro atoms. The Balaban J connectivity index is 1.85. The number of carbonyl (C=O) groups excluding carboxylic acids is 1. The van der Waals surface area contributed by atoms with Gasteiger partial charge in [0, 0.05) is 25.2 Å². The van der Waals surface area contributed by atoms with E-state index in [2.05, 4.69) is 27.1 Å². The van der Waals surface area contributed by atoms with E-state index in [9.17, 15) is 4.79 Å². The minimum Gasteiger partial charge on any atom is -0.443 e. The second kappa shape index (κ2) is 6.56. The Morgan fingerprint density at radius 2 is 2.26 bits per heavy atom. The Morgan fingerprint density at radius 3 is 3.04 bits per heavy atom. The van der Waals surface area contributed by atoms with Crippen LogP contribution in [0.15, 0.2) is 10.7 Å². The van der Waals surface area contributed by atoms with Gasteiger partial charge in [0.05, 0.1) is 11.3 Å². The Labute approximate surface area is 136 Å². The van der Waals surface area contributed by atoms with Gasteiger partial charge in [0.2, 0.25) is 11.6 Å². The van der Waals surface area contributed by atoms with Gasteiger partial charge >= 0.3 is 0 Å². The van der Waals surface area contributed by atoms with Crippen LogP contribution in [0.4, 0.5) is 5.82 Å². The molecule has 0 saturated carbocycles. The van der Waals surface area contributed by atoms with Crippen LogP contribution in [0.25, 0.3) is 11.1 Å². The van der Waals surface area contributed by atoms with Crippen molar-refractivity contribution in [1.82, 2.24) is 15.3 Å². The number of aromatic nitrogens is 2. The molecule has 0 aromatic carbocycles. The topological polar surface area (TPSA) is 71.3 Å². The van der Waals surface area contributed by atoms with Crippen LogP contribution >= 0.6 is 0 Å². The summed E-state index contributed by atoms with van der Waals surface area (Å²) >= 11 is 0. The fourth-order valence-corrected chi connectivity index (χ4v) is 3.18. The van der Waals surface area contributed by atoms with Gasteiger partial charge in [0.1, 0.15) is 17.9 Å². The van der Waals surface area contributed by atoms with Crippen LogP contribution in [0.3, 0.4) is 0 Å². The number of furan rings is 1. The molecule has 1 fully saturated rings. The molecule has 124 valence electrons. The lowest BCUT2D eigenvalue weighted by Crippen LogP contribution is -2.43. The molecule has 6 heteroatoms. The Morgan fingerprint density at radius 1 is 1.43 bits per heavy atom. The van der Waals surface area contributed by atoms with E-state index in [1.807, 2.05) is 13.8 Å². The zero-order valence-corrected chi connectivity index (χ0v) is 14.1. The summed E-state index contributed by atoms with van der Waals surface area (Å²) in [6, 6.07) is 0. The molecular weight excluding hydrogens is 292 g/mol. The number of rotatable bonds is 4. The zero-order chi connectivity index (χ0) is 16.4. The molecule has 1 amide bonds.